The molecule has 5 nitrogen and oxygen atoms in total. The van der Waals surface area contributed by atoms with Crippen molar-refractivity contribution >= 4 is 22.9 Å². The number of H-pyrrole nitrogens is 1. The van der Waals surface area contributed by atoms with Gasteiger partial charge in [0, 0.05) is 7.05 Å². The molecule has 62 valence electrons. The Labute approximate surface area is 69.0 Å². The van der Waals surface area contributed by atoms with Gasteiger partial charge < -0.3 is 16.0 Å². The quantitative estimate of drug-likeness (QED) is 0.574. The van der Waals surface area contributed by atoms with Gasteiger partial charge in [-0.05, 0) is 12.1 Å². The number of anilines is 2. The summed E-state index contributed by atoms with van der Waals surface area (Å²) < 4.78 is 0. The molecule has 0 atom stereocenters. The first-order valence-electron chi connectivity index (χ1n) is 3.59. The summed E-state index contributed by atoms with van der Waals surface area (Å²) in [5, 5.41) is 2.92. The lowest BCUT2D eigenvalue weighted by Gasteiger charge is -1.95. The zero-order valence-corrected chi connectivity index (χ0v) is 6.63. The summed E-state index contributed by atoms with van der Waals surface area (Å²) in [4.78, 5) is 11.1. The lowest BCUT2D eigenvalue weighted by molar-refractivity contribution is 1.29. The molecule has 4 N–H and O–H groups in total. The molecule has 0 aromatic carbocycles. The van der Waals surface area contributed by atoms with Crippen molar-refractivity contribution in [3.63, 3.8) is 0 Å². The van der Waals surface area contributed by atoms with Crippen molar-refractivity contribution in [3.8, 4) is 0 Å². The first-order chi connectivity index (χ1) is 5.79. The van der Waals surface area contributed by atoms with Crippen LogP contribution in [0.4, 0.5) is 11.8 Å². The van der Waals surface area contributed by atoms with Gasteiger partial charge in [0.15, 0.2) is 11.6 Å². The number of aromatic amines is 1. The van der Waals surface area contributed by atoms with Gasteiger partial charge in [-0.15, -0.1) is 0 Å². The summed E-state index contributed by atoms with van der Waals surface area (Å²) in [7, 11) is 1.81. The maximum absolute atomic E-state index is 5.46. The Morgan fingerprint density at radius 1 is 1.42 bits per heavy atom. The molecule has 0 aliphatic rings. The normalized spacial score (nSPS) is 10.4. The van der Waals surface area contributed by atoms with Crippen LogP contribution in [-0.4, -0.2) is 22.0 Å². The fourth-order valence-electron chi connectivity index (χ4n) is 1.05. The molecule has 2 aromatic rings. The van der Waals surface area contributed by atoms with Crippen LogP contribution in [0.25, 0.3) is 11.2 Å². The fourth-order valence-corrected chi connectivity index (χ4v) is 1.05. The van der Waals surface area contributed by atoms with Gasteiger partial charge in [0.05, 0.1) is 5.52 Å². The highest BCUT2D eigenvalue weighted by Gasteiger charge is 2.00. The molecule has 2 aromatic heterocycles. The Bertz CT molecular complexity index is 405. The zero-order chi connectivity index (χ0) is 8.55. The summed E-state index contributed by atoms with van der Waals surface area (Å²) >= 11 is 0. The molecular formula is C7H9N5. The van der Waals surface area contributed by atoms with E-state index in [1.807, 2.05) is 19.2 Å². The van der Waals surface area contributed by atoms with Gasteiger partial charge >= 0.3 is 0 Å². The van der Waals surface area contributed by atoms with Crippen LogP contribution in [0.1, 0.15) is 0 Å². The van der Waals surface area contributed by atoms with E-state index in [2.05, 4.69) is 20.3 Å². The van der Waals surface area contributed by atoms with Crippen molar-refractivity contribution in [2.45, 2.75) is 0 Å². The van der Waals surface area contributed by atoms with Crippen molar-refractivity contribution in [1.29, 1.82) is 0 Å². The van der Waals surface area contributed by atoms with Crippen molar-refractivity contribution in [2.24, 2.45) is 0 Å². The zero-order valence-electron chi connectivity index (χ0n) is 6.63. The summed E-state index contributed by atoms with van der Waals surface area (Å²) in [5.74, 6) is 1.18. The SMILES string of the molecule is CNc1ccc2[nH]c(N)nc2n1. The number of fused-ring (bicyclic) bond motifs is 1. The number of hydrogen-bond acceptors (Lipinski definition) is 4. The number of nitrogens with two attached hydrogens (primary N) is 1. The molecule has 0 bridgehead atoms. The number of hydrogen-bond donors (Lipinski definition) is 3. The van der Waals surface area contributed by atoms with Crippen LogP contribution in [0, 0.1) is 0 Å². The highest BCUT2D eigenvalue weighted by Crippen LogP contribution is 2.12. The van der Waals surface area contributed by atoms with Gasteiger partial charge in [-0.3, -0.25) is 0 Å². The molecule has 0 amide bonds. The molecular weight excluding hydrogens is 154 g/mol. The van der Waals surface area contributed by atoms with E-state index in [9.17, 15) is 0 Å². The minimum absolute atomic E-state index is 0.394. The van der Waals surface area contributed by atoms with E-state index in [1.165, 1.54) is 0 Å². The van der Waals surface area contributed by atoms with E-state index < -0.39 is 0 Å². The smallest absolute Gasteiger partial charge is 0.200 e. The van der Waals surface area contributed by atoms with Crippen molar-refractivity contribution in [3.05, 3.63) is 12.1 Å². The third-order valence-corrected chi connectivity index (χ3v) is 1.62. The topological polar surface area (TPSA) is 79.6 Å². The van der Waals surface area contributed by atoms with Crippen LogP contribution >= 0.6 is 0 Å². The number of nitrogens with zero attached hydrogens (tertiary/aromatic N) is 2. The largest absolute Gasteiger partial charge is 0.373 e. The van der Waals surface area contributed by atoms with E-state index in [1.54, 1.807) is 0 Å². The molecule has 5 heteroatoms. The molecule has 0 saturated heterocycles. The maximum atomic E-state index is 5.46. The van der Waals surface area contributed by atoms with E-state index in [4.69, 9.17) is 5.73 Å². The molecule has 12 heavy (non-hydrogen) atoms. The highest BCUT2D eigenvalue weighted by molar-refractivity contribution is 5.74. The lowest BCUT2D eigenvalue weighted by atomic mass is 10.4. The van der Waals surface area contributed by atoms with Gasteiger partial charge in [-0.25, -0.2) is 4.98 Å². The standard InChI is InChI=1S/C7H9N5/c1-9-5-3-2-4-6(11-5)12-7(8)10-4/h2-3H,1H3,(H4,8,9,10,11,12). The average molecular weight is 163 g/mol. The predicted octanol–water partition coefficient (Wildman–Crippen LogP) is 0.582. The van der Waals surface area contributed by atoms with Crippen LogP contribution in [0.5, 0.6) is 0 Å². The van der Waals surface area contributed by atoms with E-state index >= 15 is 0 Å². The average Bonchev–Trinajstić information content (AvgIpc) is 2.43. The molecule has 0 aliphatic heterocycles. The van der Waals surface area contributed by atoms with Crippen LogP contribution < -0.4 is 11.1 Å². The monoisotopic (exact) mass is 163 g/mol. The number of nitrogens with one attached hydrogen (secondary N) is 2. The number of rotatable bonds is 1. The fraction of sp³-hybridized carbons (Fsp3) is 0.143. The van der Waals surface area contributed by atoms with Gasteiger partial charge in [0.2, 0.25) is 0 Å². The Morgan fingerprint density at radius 3 is 3.00 bits per heavy atom. The first kappa shape index (κ1) is 6.90. The molecule has 2 heterocycles. The second kappa shape index (κ2) is 2.37. The summed E-state index contributed by atoms with van der Waals surface area (Å²) in [5.41, 5.74) is 6.95. The maximum Gasteiger partial charge on any atom is 0.200 e. The van der Waals surface area contributed by atoms with Crippen molar-refractivity contribution < 1.29 is 0 Å². The van der Waals surface area contributed by atoms with E-state index in [-0.39, 0.29) is 0 Å². The van der Waals surface area contributed by atoms with Gasteiger partial charge in [-0.1, -0.05) is 0 Å². The Hall–Kier alpha value is -1.78. The van der Waals surface area contributed by atoms with Gasteiger partial charge in [0.25, 0.3) is 0 Å². The Kier molecular flexibility index (Phi) is 1.36. The highest BCUT2D eigenvalue weighted by atomic mass is 15.1. The Balaban J connectivity index is 2.66. The molecule has 0 fully saturated rings. The molecule has 0 unspecified atom stereocenters. The second-order valence-electron chi connectivity index (χ2n) is 2.44. The van der Waals surface area contributed by atoms with E-state index in [0.717, 1.165) is 11.3 Å². The minimum Gasteiger partial charge on any atom is -0.373 e. The molecule has 0 aliphatic carbocycles. The van der Waals surface area contributed by atoms with Crippen LogP contribution in [-0.2, 0) is 0 Å². The van der Waals surface area contributed by atoms with Crippen LogP contribution in [0.3, 0.4) is 0 Å². The van der Waals surface area contributed by atoms with E-state index in [0.29, 0.717) is 11.6 Å². The second-order valence-corrected chi connectivity index (χ2v) is 2.44. The number of pyridine rings is 1. The van der Waals surface area contributed by atoms with Crippen molar-refractivity contribution in [1.82, 2.24) is 15.0 Å². The number of aromatic nitrogens is 3. The third-order valence-electron chi connectivity index (χ3n) is 1.62. The summed E-state index contributed by atoms with van der Waals surface area (Å²) in [6.07, 6.45) is 0. The minimum atomic E-state index is 0.394. The van der Waals surface area contributed by atoms with Crippen LogP contribution in [0.2, 0.25) is 0 Å². The molecule has 0 spiro atoms. The third kappa shape index (κ3) is 0.952. The molecule has 0 radical (unpaired) electrons. The summed E-state index contributed by atoms with van der Waals surface area (Å²) in [6, 6.07) is 3.75. The van der Waals surface area contributed by atoms with Crippen LogP contribution in [0.15, 0.2) is 12.1 Å². The predicted molar refractivity (Wildman–Crippen MR) is 47.8 cm³/mol. The lowest BCUT2D eigenvalue weighted by Crippen LogP contribution is -1.91. The Morgan fingerprint density at radius 2 is 2.25 bits per heavy atom. The first-order valence-corrected chi connectivity index (χ1v) is 3.59. The summed E-state index contributed by atoms with van der Waals surface area (Å²) in [6.45, 7) is 0. The molecule has 2 rings (SSSR count). The number of nitrogen functional groups attached to an aromatic ring is 1. The van der Waals surface area contributed by atoms with Gasteiger partial charge in [0.1, 0.15) is 5.82 Å². The number of imidazole rings is 1. The van der Waals surface area contributed by atoms with Crippen molar-refractivity contribution in [2.75, 3.05) is 18.1 Å². The van der Waals surface area contributed by atoms with Gasteiger partial charge in [-0.2, -0.15) is 4.98 Å². The molecule has 0 saturated carbocycles.